The molecule has 7 nitrogen and oxygen atoms in total. The topological polar surface area (TPSA) is 91.5 Å². The second-order valence-corrected chi connectivity index (χ2v) is 7.76. The Bertz CT molecular complexity index is 1030. The summed E-state index contributed by atoms with van der Waals surface area (Å²) in [5.74, 6) is 0.618. The number of hydrogen-bond donors (Lipinski definition) is 0. The van der Waals surface area contributed by atoms with E-state index in [1.54, 1.807) is 26.2 Å². The number of carbonyl (C=O) groups excluding carboxylic acids is 2. The van der Waals surface area contributed by atoms with Crippen molar-refractivity contribution in [3.63, 3.8) is 0 Å². The van der Waals surface area contributed by atoms with Crippen molar-refractivity contribution in [3.05, 3.63) is 76.4 Å². The molecule has 168 valence electrons. The number of nitrogens with zero attached hydrogens (tertiary/aromatic N) is 2. The highest BCUT2D eigenvalue weighted by atomic mass is 35.5. The number of carbonyl (C=O) groups is 2. The van der Waals surface area contributed by atoms with Gasteiger partial charge >= 0.3 is 5.97 Å². The normalized spacial score (nSPS) is 11.7. The molecule has 8 heteroatoms. The average molecular weight is 457 g/mol. The molecule has 0 aliphatic heterocycles. The summed E-state index contributed by atoms with van der Waals surface area (Å²) in [4.78, 5) is 28.9. The van der Waals surface area contributed by atoms with E-state index in [1.165, 1.54) is 0 Å². The van der Waals surface area contributed by atoms with Crippen LogP contribution in [0.2, 0.25) is 5.02 Å². The fraction of sp³-hybridized carbons (Fsp3) is 0.333. The molecule has 1 heterocycles. The Morgan fingerprint density at radius 2 is 1.72 bits per heavy atom. The number of methoxy groups -OCH3 is 1. The van der Waals surface area contributed by atoms with Crippen LogP contribution in [0.15, 0.2) is 53.1 Å². The van der Waals surface area contributed by atoms with Crippen LogP contribution < -0.4 is 4.74 Å². The molecule has 1 atom stereocenters. The first-order valence-corrected chi connectivity index (χ1v) is 10.7. The quantitative estimate of drug-likeness (QED) is 0.396. The van der Waals surface area contributed by atoms with Crippen LogP contribution in [-0.4, -0.2) is 35.6 Å². The Hall–Kier alpha value is -3.19. The van der Waals surface area contributed by atoms with Crippen molar-refractivity contribution in [1.82, 2.24) is 10.1 Å². The van der Waals surface area contributed by atoms with Crippen LogP contribution in [0.25, 0.3) is 0 Å². The van der Waals surface area contributed by atoms with E-state index in [0.717, 1.165) is 16.9 Å². The van der Waals surface area contributed by atoms with Crippen molar-refractivity contribution in [2.24, 2.45) is 0 Å². The number of ether oxygens (including phenoxy) is 2. The molecule has 0 unspecified atom stereocenters. The second-order valence-electron chi connectivity index (χ2n) is 7.32. The molecule has 0 saturated carbocycles. The van der Waals surface area contributed by atoms with E-state index in [9.17, 15) is 9.59 Å². The van der Waals surface area contributed by atoms with Crippen molar-refractivity contribution in [2.75, 3.05) is 13.7 Å². The lowest BCUT2D eigenvalue weighted by atomic mass is 9.91. The van der Waals surface area contributed by atoms with Crippen molar-refractivity contribution in [2.45, 2.75) is 38.5 Å². The maximum Gasteiger partial charge on any atom is 0.315 e. The number of ketones is 1. The summed E-state index contributed by atoms with van der Waals surface area (Å²) in [7, 11) is 1.61. The fourth-order valence-electron chi connectivity index (χ4n) is 3.32. The summed E-state index contributed by atoms with van der Waals surface area (Å²) in [6, 6.07) is 14.8. The number of benzene rings is 2. The highest BCUT2D eigenvalue weighted by Crippen LogP contribution is 2.25. The maximum absolute atomic E-state index is 12.8. The standard InChI is InChI=1S/C24H25ClN2O5/c1-3-31-23(29)15-22-26-24(27-32-22)18(12-16-6-10-21(30-2)11-7-16)14-20(28)13-17-4-8-19(25)9-5-17/h4-11,18H,3,12-15H2,1-2H3/t18-/m1/s1. The molecular formula is C24H25ClN2O5. The van der Waals surface area contributed by atoms with Gasteiger partial charge in [0.2, 0.25) is 5.89 Å². The lowest BCUT2D eigenvalue weighted by molar-refractivity contribution is -0.142. The van der Waals surface area contributed by atoms with E-state index in [-0.39, 0.29) is 43.5 Å². The first-order chi connectivity index (χ1) is 15.5. The zero-order chi connectivity index (χ0) is 22.9. The number of rotatable bonds is 11. The van der Waals surface area contributed by atoms with Gasteiger partial charge in [0.25, 0.3) is 0 Å². The third-order valence-corrected chi connectivity index (χ3v) is 5.13. The van der Waals surface area contributed by atoms with Crippen LogP contribution in [0.5, 0.6) is 5.75 Å². The predicted molar refractivity (Wildman–Crippen MR) is 119 cm³/mol. The Balaban J connectivity index is 1.75. The van der Waals surface area contributed by atoms with Gasteiger partial charge in [0.1, 0.15) is 18.0 Å². The molecule has 3 aromatic rings. The van der Waals surface area contributed by atoms with Gasteiger partial charge in [-0.1, -0.05) is 41.0 Å². The highest BCUT2D eigenvalue weighted by molar-refractivity contribution is 6.30. The largest absolute Gasteiger partial charge is 0.497 e. The maximum atomic E-state index is 12.8. The van der Waals surface area contributed by atoms with Gasteiger partial charge in [0.05, 0.1) is 13.7 Å². The van der Waals surface area contributed by atoms with Crippen molar-refractivity contribution in [1.29, 1.82) is 0 Å². The van der Waals surface area contributed by atoms with Crippen molar-refractivity contribution < 1.29 is 23.6 Å². The van der Waals surface area contributed by atoms with E-state index >= 15 is 0 Å². The zero-order valence-electron chi connectivity index (χ0n) is 18.0. The van der Waals surface area contributed by atoms with Gasteiger partial charge in [-0.25, -0.2) is 0 Å². The zero-order valence-corrected chi connectivity index (χ0v) is 18.8. The average Bonchev–Trinajstić information content (AvgIpc) is 3.24. The number of hydrogen-bond acceptors (Lipinski definition) is 7. The third kappa shape index (κ3) is 6.92. The summed E-state index contributed by atoms with van der Waals surface area (Å²) in [5, 5.41) is 4.67. The molecule has 0 aliphatic rings. The molecule has 0 bridgehead atoms. The molecule has 32 heavy (non-hydrogen) atoms. The van der Waals surface area contributed by atoms with Gasteiger partial charge in [0, 0.05) is 23.8 Å². The number of esters is 1. The predicted octanol–water partition coefficient (Wildman–Crippen LogP) is 4.37. The monoisotopic (exact) mass is 456 g/mol. The second kappa shape index (κ2) is 11.4. The molecule has 0 radical (unpaired) electrons. The van der Waals surface area contributed by atoms with Crippen molar-refractivity contribution >= 4 is 23.4 Å². The minimum atomic E-state index is -0.437. The first kappa shape index (κ1) is 23.5. The van der Waals surface area contributed by atoms with Crippen LogP contribution in [0.4, 0.5) is 0 Å². The molecular weight excluding hydrogens is 432 g/mol. The molecule has 3 rings (SSSR count). The van der Waals surface area contributed by atoms with Crippen LogP contribution >= 0.6 is 11.6 Å². The Morgan fingerprint density at radius 3 is 2.38 bits per heavy atom. The molecule has 0 fully saturated rings. The van der Waals surface area contributed by atoms with Gasteiger partial charge in [-0.05, 0) is 48.7 Å². The summed E-state index contributed by atoms with van der Waals surface area (Å²) in [6.07, 6.45) is 0.945. The Kier molecular flexibility index (Phi) is 8.39. The highest BCUT2D eigenvalue weighted by Gasteiger charge is 2.23. The summed E-state index contributed by atoms with van der Waals surface area (Å²) >= 11 is 5.93. The van der Waals surface area contributed by atoms with Crippen LogP contribution in [-0.2, 0) is 33.6 Å². The van der Waals surface area contributed by atoms with Crippen LogP contribution in [0.1, 0.15) is 42.1 Å². The molecule has 0 aliphatic carbocycles. The number of halogens is 1. The Morgan fingerprint density at radius 1 is 1.03 bits per heavy atom. The molecule has 2 aromatic carbocycles. The summed E-state index contributed by atoms with van der Waals surface area (Å²) < 4.78 is 15.4. The van der Waals surface area contributed by atoms with Gasteiger partial charge < -0.3 is 14.0 Å². The lowest BCUT2D eigenvalue weighted by Gasteiger charge is -2.13. The minimum absolute atomic E-state index is 0.0441. The first-order valence-electron chi connectivity index (χ1n) is 10.3. The summed E-state index contributed by atoms with van der Waals surface area (Å²) in [5.41, 5.74) is 1.89. The van der Waals surface area contributed by atoms with E-state index in [2.05, 4.69) is 10.1 Å². The van der Waals surface area contributed by atoms with E-state index < -0.39 is 5.97 Å². The third-order valence-electron chi connectivity index (χ3n) is 4.88. The van der Waals surface area contributed by atoms with E-state index in [0.29, 0.717) is 17.3 Å². The van der Waals surface area contributed by atoms with Gasteiger partial charge in [-0.15, -0.1) is 0 Å². The molecule has 0 amide bonds. The van der Waals surface area contributed by atoms with Crippen LogP contribution in [0, 0.1) is 0 Å². The number of aromatic nitrogens is 2. The fourth-order valence-corrected chi connectivity index (χ4v) is 3.44. The van der Waals surface area contributed by atoms with Crippen LogP contribution in [0.3, 0.4) is 0 Å². The SMILES string of the molecule is CCOC(=O)Cc1nc([C@@H](CC(=O)Cc2ccc(Cl)cc2)Cc2ccc(OC)cc2)no1. The van der Waals surface area contributed by atoms with Crippen molar-refractivity contribution in [3.8, 4) is 5.75 Å². The molecule has 0 saturated heterocycles. The molecule has 1 aromatic heterocycles. The lowest BCUT2D eigenvalue weighted by Crippen LogP contribution is -2.14. The minimum Gasteiger partial charge on any atom is -0.497 e. The van der Waals surface area contributed by atoms with Gasteiger partial charge in [0.15, 0.2) is 5.82 Å². The van der Waals surface area contributed by atoms with E-state index in [4.69, 9.17) is 25.6 Å². The van der Waals surface area contributed by atoms with E-state index in [1.807, 2.05) is 36.4 Å². The molecule has 0 N–H and O–H groups in total. The van der Waals surface area contributed by atoms with Gasteiger partial charge in [-0.2, -0.15) is 4.98 Å². The smallest absolute Gasteiger partial charge is 0.315 e. The number of Topliss-reactive ketones (excluding diaryl/α,β-unsaturated/α-hetero) is 1. The molecule has 0 spiro atoms. The van der Waals surface area contributed by atoms with Gasteiger partial charge in [-0.3, -0.25) is 9.59 Å². The Labute approximate surface area is 191 Å². The summed E-state index contributed by atoms with van der Waals surface area (Å²) in [6.45, 7) is 2.01.